The Morgan fingerprint density at radius 3 is 2.73 bits per heavy atom. The minimum Gasteiger partial charge on any atom is -0.445 e. The zero-order valence-corrected chi connectivity index (χ0v) is 14.7. The monoisotopic (exact) mass is 362 g/mol. The van der Waals surface area contributed by atoms with Crippen LogP contribution in [0, 0.1) is 0 Å². The van der Waals surface area contributed by atoms with E-state index in [-0.39, 0.29) is 19.2 Å². The van der Waals surface area contributed by atoms with Crippen LogP contribution in [0.4, 0.5) is 4.79 Å². The first-order valence-corrected chi connectivity index (χ1v) is 8.06. The van der Waals surface area contributed by atoms with Crippen LogP contribution in [0.2, 0.25) is 0 Å². The van der Waals surface area contributed by atoms with Gasteiger partial charge in [-0.05, 0) is 22.4 Å². The lowest BCUT2D eigenvalue weighted by molar-refractivity contribution is -0.122. The second kappa shape index (κ2) is 10.1. The number of aryl methyl sites for hydroxylation is 1. The summed E-state index contributed by atoms with van der Waals surface area (Å²) in [6.07, 6.45) is 0.0244. The van der Waals surface area contributed by atoms with Crippen LogP contribution in [0.15, 0.2) is 30.3 Å². The summed E-state index contributed by atoms with van der Waals surface area (Å²) >= 11 is 0. The van der Waals surface area contributed by atoms with Gasteiger partial charge in [0.05, 0.1) is 0 Å². The molecule has 1 aromatic heterocycles. The lowest BCUT2D eigenvalue weighted by atomic mass is 10.1. The van der Waals surface area contributed by atoms with Gasteiger partial charge in [0.1, 0.15) is 19.4 Å². The maximum atomic E-state index is 12.0. The highest BCUT2D eigenvalue weighted by Crippen LogP contribution is 2.04. The van der Waals surface area contributed by atoms with E-state index < -0.39 is 12.1 Å². The van der Waals surface area contributed by atoms with Crippen LogP contribution in [0.5, 0.6) is 0 Å². The first-order valence-electron chi connectivity index (χ1n) is 8.06. The molecule has 2 N–H and O–H groups in total. The fourth-order valence-corrected chi connectivity index (χ4v) is 2.25. The molecule has 0 spiro atoms. The Balaban J connectivity index is 1.89. The molecule has 0 aliphatic rings. The first kappa shape index (κ1) is 19.3. The molecular weight excluding hydrogens is 340 g/mol. The van der Waals surface area contributed by atoms with E-state index in [2.05, 4.69) is 26.2 Å². The number of carbonyl (C=O) groups is 2. The molecule has 1 atom stereocenters. The van der Waals surface area contributed by atoms with Crippen molar-refractivity contribution in [1.29, 1.82) is 0 Å². The van der Waals surface area contributed by atoms with Crippen molar-refractivity contribution < 1.29 is 19.1 Å². The van der Waals surface area contributed by atoms with E-state index >= 15 is 0 Å². The third kappa shape index (κ3) is 5.81. The second-order valence-corrected chi connectivity index (χ2v) is 5.42. The van der Waals surface area contributed by atoms with Gasteiger partial charge in [-0.2, -0.15) is 0 Å². The third-order valence-electron chi connectivity index (χ3n) is 3.58. The molecule has 1 heterocycles. The van der Waals surface area contributed by atoms with Gasteiger partial charge in [0.25, 0.3) is 0 Å². The molecule has 0 radical (unpaired) electrons. The number of ether oxygens (including phenoxy) is 2. The van der Waals surface area contributed by atoms with Gasteiger partial charge >= 0.3 is 6.09 Å². The third-order valence-corrected chi connectivity index (χ3v) is 3.58. The smallest absolute Gasteiger partial charge is 0.408 e. The first-order chi connectivity index (χ1) is 12.6. The molecular formula is C16H22N6O4. The molecule has 0 fully saturated rings. The Hall–Kier alpha value is -3.01. The van der Waals surface area contributed by atoms with Gasteiger partial charge in [0, 0.05) is 20.6 Å². The Labute approximate surface area is 150 Å². The quantitative estimate of drug-likeness (QED) is 0.656. The number of rotatable bonds is 9. The van der Waals surface area contributed by atoms with E-state index in [1.807, 2.05) is 30.3 Å². The number of nitrogens with one attached hydrogen (secondary N) is 2. The molecule has 0 saturated carbocycles. The lowest BCUT2D eigenvalue weighted by Crippen LogP contribution is -2.46. The van der Waals surface area contributed by atoms with Crippen molar-refractivity contribution in [3.05, 3.63) is 41.7 Å². The summed E-state index contributed by atoms with van der Waals surface area (Å²) < 4.78 is 11.6. The number of amides is 2. The van der Waals surface area contributed by atoms with Crippen LogP contribution < -0.4 is 10.6 Å². The van der Waals surface area contributed by atoms with Crippen molar-refractivity contribution in [3.8, 4) is 0 Å². The highest BCUT2D eigenvalue weighted by Gasteiger charge is 2.21. The summed E-state index contributed by atoms with van der Waals surface area (Å²) in [4.78, 5) is 24.0. The van der Waals surface area contributed by atoms with E-state index in [4.69, 9.17) is 9.47 Å². The number of alkyl carbamates (subject to hydrolysis) is 1. The molecule has 0 unspecified atom stereocenters. The minimum absolute atomic E-state index is 0.124. The summed E-state index contributed by atoms with van der Waals surface area (Å²) in [5, 5.41) is 16.4. The summed E-state index contributed by atoms with van der Waals surface area (Å²) in [6, 6.07) is 8.51. The van der Waals surface area contributed by atoms with Crippen LogP contribution in [-0.2, 0) is 34.0 Å². The van der Waals surface area contributed by atoms with Gasteiger partial charge in [0.15, 0.2) is 5.82 Å². The topological polar surface area (TPSA) is 120 Å². The largest absolute Gasteiger partial charge is 0.445 e. The molecule has 0 saturated heterocycles. The number of tetrazole rings is 1. The molecule has 2 rings (SSSR count). The average molecular weight is 362 g/mol. The fraction of sp³-hybridized carbons (Fsp3) is 0.438. The Morgan fingerprint density at radius 1 is 1.27 bits per heavy atom. The fourth-order valence-electron chi connectivity index (χ4n) is 2.25. The highest BCUT2D eigenvalue weighted by molar-refractivity contribution is 5.85. The molecule has 10 heteroatoms. The maximum Gasteiger partial charge on any atom is 0.408 e. The number of methoxy groups -OCH3 is 1. The Kier molecular flexibility index (Phi) is 7.49. The van der Waals surface area contributed by atoms with Crippen molar-refractivity contribution in [2.24, 2.45) is 0 Å². The van der Waals surface area contributed by atoms with E-state index in [1.54, 1.807) is 0 Å². The van der Waals surface area contributed by atoms with Crippen LogP contribution in [0.25, 0.3) is 0 Å². The van der Waals surface area contributed by atoms with Gasteiger partial charge in [-0.25, -0.2) is 9.48 Å². The standard InChI is InChI=1S/C16H22N6O4/c1-17-15(23)13(8-9-14-19-20-21-22(14)11-25-2)18-16(24)26-10-12-6-4-3-5-7-12/h3-7,13H,8-11H2,1-2H3,(H,17,23)(H,18,24)/t13-/m0/s1. The number of benzene rings is 1. The van der Waals surface area contributed by atoms with E-state index in [1.165, 1.54) is 18.8 Å². The highest BCUT2D eigenvalue weighted by atomic mass is 16.5. The van der Waals surface area contributed by atoms with Crippen LogP contribution >= 0.6 is 0 Å². The summed E-state index contributed by atoms with van der Waals surface area (Å²) in [5.74, 6) is 0.229. The van der Waals surface area contributed by atoms with Gasteiger partial charge in [0.2, 0.25) is 5.91 Å². The van der Waals surface area contributed by atoms with E-state index in [9.17, 15) is 9.59 Å². The van der Waals surface area contributed by atoms with E-state index in [0.29, 0.717) is 18.7 Å². The molecule has 0 bridgehead atoms. The maximum absolute atomic E-state index is 12.0. The van der Waals surface area contributed by atoms with Crippen molar-refractivity contribution in [1.82, 2.24) is 30.8 Å². The number of carbonyl (C=O) groups excluding carboxylic acids is 2. The Bertz CT molecular complexity index is 706. The SMILES string of the molecule is CNC(=O)[C@H](CCc1nnnn1COC)NC(=O)OCc1ccccc1. The van der Waals surface area contributed by atoms with Crippen LogP contribution in [0.3, 0.4) is 0 Å². The van der Waals surface area contributed by atoms with Crippen molar-refractivity contribution in [3.63, 3.8) is 0 Å². The molecule has 140 valence electrons. The molecule has 2 amide bonds. The number of likely N-dealkylation sites (N-methyl/N-ethyl adjacent to an activating group) is 1. The summed E-state index contributed by atoms with van der Waals surface area (Å²) in [5.41, 5.74) is 0.859. The van der Waals surface area contributed by atoms with Crippen LogP contribution in [0.1, 0.15) is 17.8 Å². The van der Waals surface area contributed by atoms with Gasteiger partial charge in [-0.15, -0.1) is 5.10 Å². The number of aromatic nitrogens is 4. The molecule has 0 aliphatic carbocycles. The normalized spacial score (nSPS) is 11.6. The zero-order valence-electron chi connectivity index (χ0n) is 14.7. The number of hydrogen-bond acceptors (Lipinski definition) is 7. The second-order valence-electron chi connectivity index (χ2n) is 5.42. The molecule has 0 aliphatic heterocycles. The average Bonchev–Trinajstić information content (AvgIpc) is 3.11. The molecule has 2 aromatic rings. The van der Waals surface area contributed by atoms with Crippen molar-refractivity contribution >= 4 is 12.0 Å². The van der Waals surface area contributed by atoms with Crippen molar-refractivity contribution in [2.75, 3.05) is 14.2 Å². The van der Waals surface area contributed by atoms with Gasteiger partial charge < -0.3 is 20.1 Å². The lowest BCUT2D eigenvalue weighted by Gasteiger charge is -2.17. The molecule has 26 heavy (non-hydrogen) atoms. The predicted octanol–water partition coefficient (Wildman–Crippen LogP) is 0.251. The Morgan fingerprint density at radius 2 is 2.04 bits per heavy atom. The van der Waals surface area contributed by atoms with E-state index in [0.717, 1.165) is 5.56 Å². The molecule has 10 nitrogen and oxygen atoms in total. The van der Waals surface area contributed by atoms with Gasteiger partial charge in [-0.1, -0.05) is 30.3 Å². The molecule has 1 aromatic carbocycles. The number of hydrogen-bond donors (Lipinski definition) is 2. The van der Waals surface area contributed by atoms with Gasteiger partial charge in [-0.3, -0.25) is 4.79 Å². The predicted molar refractivity (Wildman–Crippen MR) is 90.8 cm³/mol. The number of nitrogens with zero attached hydrogens (tertiary/aromatic N) is 4. The summed E-state index contributed by atoms with van der Waals surface area (Å²) in [6.45, 7) is 0.332. The zero-order chi connectivity index (χ0) is 18.8. The summed E-state index contributed by atoms with van der Waals surface area (Å²) in [7, 11) is 3.03. The van der Waals surface area contributed by atoms with Crippen molar-refractivity contribution in [2.45, 2.75) is 32.2 Å². The minimum atomic E-state index is -0.768. The van der Waals surface area contributed by atoms with Crippen LogP contribution in [-0.4, -0.2) is 52.4 Å².